The lowest BCUT2D eigenvalue weighted by Crippen LogP contribution is -2.47. The van der Waals surface area contributed by atoms with Crippen LogP contribution in [0, 0.1) is 0 Å². The maximum Gasteiger partial charge on any atom is 0.323 e. The molecule has 5 heteroatoms. The van der Waals surface area contributed by atoms with Gasteiger partial charge in [-0.15, -0.1) is 0 Å². The quantitative estimate of drug-likeness (QED) is 0.585. The molecular weight excluding hydrogens is 234 g/mol. The SMILES string of the molecule is CNC(C)(CCCOCCC(C)(C)OC)C(=O)O. The molecular formula is C13H27NO4. The Morgan fingerprint density at radius 2 is 1.83 bits per heavy atom. The molecule has 2 N–H and O–H groups in total. The van der Waals surface area contributed by atoms with Crippen molar-refractivity contribution in [3.05, 3.63) is 0 Å². The highest BCUT2D eigenvalue weighted by molar-refractivity contribution is 5.78. The van der Waals surface area contributed by atoms with E-state index in [1.54, 1.807) is 21.1 Å². The number of carboxylic acids is 1. The molecule has 0 aliphatic carbocycles. The summed E-state index contributed by atoms with van der Waals surface area (Å²) in [6, 6.07) is 0. The van der Waals surface area contributed by atoms with Gasteiger partial charge in [0.15, 0.2) is 0 Å². The number of aliphatic carboxylic acids is 1. The second-order valence-electron chi connectivity index (χ2n) is 5.32. The van der Waals surface area contributed by atoms with Gasteiger partial charge in [-0.3, -0.25) is 4.79 Å². The smallest absolute Gasteiger partial charge is 0.323 e. The summed E-state index contributed by atoms with van der Waals surface area (Å²) in [5, 5.41) is 11.9. The van der Waals surface area contributed by atoms with Crippen LogP contribution in [-0.2, 0) is 14.3 Å². The van der Waals surface area contributed by atoms with Gasteiger partial charge in [-0.05, 0) is 47.1 Å². The van der Waals surface area contributed by atoms with Crippen molar-refractivity contribution < 1.29 is 19.4 Å². The van der Waals surface area contributed by atoms with Gasteiger partial charge in [-0.2, -0.15) is 0 Å². The third-order valence-corrected chi connectivity index (χ3v) is 3.39. The molecule has 0 saturated heterocycles. The second kappa shape index (κ2) is 7.71. The summed E-state index contributed by atoms with van der Waals surface area (Å²) in [7, 11) is 3.35. The van der Waals surface area contributed by atoms with Crippen LogP contribution in [0.4, 0.5) is 0 Å². The molecule has 0 aromatic heterocycles. The maximum absolute atomic E-state index is 11.0. The molecule has 0 amide bonds. The van der Waals surface area contributed by atoms with E-state index in [2.05, 4.69) is 5.32 Å². The van der Waals surface area contributed by atoms with Crippen LogP contribution in [0.3, 0.4) is 0 Å². The number of methoxy groups -OCH3 is 1. The van der Waals surface area contributed by atoms with Gasteiger partial charge >= 0.3 is 5.97 Å². The van der Waals surface area contributed by atoms with Crippen molar-refractivity contribution in [3.8, 4) is 0 Å². The predicted octanol–water partition coefficient (Wildman–Crippen LogP) is 1.66. The third kappa shape index (κ3) is 6.33. The Hall–Kier alpha value is -0.650. The molecule has 0 aromatic carbocycles. The second-order valence-corrected chi connectivity index (χ2v) is 5.32. The van der Waals surface area contributed by atoms with Crippen LogP contribution >= 0.6 is 0 Å². The number of likely N-dealkylation sites (N-methyl/N-ethyl adjacent to an activating group) is 1. The zero-order valence-corrected chi connectivity index (χ0v) is 12.2. The van der Waals surface area contributed by atoms with E-state index in [1.165, 1.54) is 0 Å². The molecule has 108 valence electrons. The van der Waals surface area contributed by atoms with E-state index in [0.717, 1.165) is 12.8 Å². The lowest BCUT2D eigenvalue weighted by atomic mass is 9.96. The van der Waals surface area contributed by atoms with E-state index in [1.807, 2.05) is 13.8 Å². The van der Waals surface area contributed by atoms with E-state index in [4.69, 9.17) is 14.6 Å². The van der Waals surface area contributed by atoms with Crippen LogP contribution in [0.1, 0.15) is 40.0 Å². The van der Waals surface area contributed by atoms with Gasteiger partial charge in [0.05, 0.1) is 5.60 Å². The highest BCUT2D eigenvalue weighted by Crippen LogP contribution is 2.14. The molecule has 0 aromatic rings. The average Bonchev–Trinajstić information content (AvgIpc) is 2.33. The number of carboxylic acid groups (broad SMARTS) is 1. The Morgan fingerprint density at radius 1 is 1.22 bits per heavy atom. The fraction of sp³-hybridized carbons (Fsp3) is 0.923. The highest BCUT2D eigenvalue weighted by atomic mass is 16.5. The molecule has 0 saturated carbocycles. The van der Waals surface area contributed by atoms with Crippen molar-refractivity contribution in [2.45, 2.75) is 51.2 Å². The van der Waals surface area contributed by atoms with E-state index < -0.39 is 11.5 Å². The van der Waals surface area contributed by atoms with Gasteiger partial charge in [0.2, 0.25) is 0 Å². The number of hydrogen-bond donors (Lipinski definition) is 2. The van der Waals surface area contributed by atoms with Gasteiger partial charge in [-0.25, -0.2) is 0 Å². The summed E-state index contributed by atoms with van der Waals surface area (Å²) in [6.07, 6.45) is 2.09. The Labute approximate surface area is 110 Å². The van der Waals surface area contributed by atoms with Crippen LogP contribution < -0.4 is 5.32 Å². The average molecular weight is 261 g/mol. The molecule has 0 radical (unpaired) electrons. The summed E-state index contributed by atoms with van der Waals surface area (Å²) in [5.74, 6) is -0.828. The van der Waals surface area contributed by atoms with Gasteiger partial charge < -0.3 is 19.9 Å². The fourth-order valence-corrected chi connectivity index (χ4v) is 1.39. The lowest BCUT2D eigenvalue weighted by Gasteiger charge is -2.24. The van der Waals surface area contributed by atoms with Crippen LogP contribution in [0.25, 0.3) is 0 Å². The number of carbonyl (C=O) groups is 1. The van der Waals surface area contributed by atoms with Crippen molar-refractivity contribution in [1.29, 1.82) is 0 Å². The van der Waals surface area contributed by atoms with Crippen LogP contribution in [0.2, 0.25) is 0 Å². The number of rotatable bonds is 10. The highest BCUT2D eigenvalue weighted by Gasteiger charge is 2.30. The van der Waals surface area contributed by atoms with Crippen LogP contribution in [-0.4, -0.2) is 49.6 Å². The minimum Gasteiger partial charge on any atom is -0.480 e. The molecule has 0 aliphatic heterocycles. The van der Waals surface area contributed by atoms with Gasteiger partial charge in [-0.1, -0.05) is 0 Å². The molecule has 0 bridgehead atoms. The first-order valence-corrected chi connectivity index (χ1v) is 6.32. The Kier molecular flexibility index (Phi) is 7.43. The minimum absolute atomic E-state index is 0.166. The number of nitrogens with one attached hydrogen (secondary N) is 1. The van der Waals surface area contributed by atoms with Gasteiger partial charge in [0, 0.05) is 20.3 Å². The molecule has 18 heavy (non-hydrogen) atoms. The van der Waals surface area contributed by atoms with Crippen molar-refractivity contribution in [1.82, 2.24) is 5.32 Å². The zero-order valence-electron chi connectivity index (χ0n) is 12.2. The van der Waals surface area contributed by atoms with E-state index in [0.29, 0.717) is 19.6 Å². The molecule has 0 rings (SSSR count). The Balaban J connectivity index is 3.72. The molecule has 0 fully saturated rings. The summed E-state index contributed by atoms with van der Waals surface area (Å²) in [5.41, 5.74) is -1.03. The van der Waals surface area contributed by atoms with Crippen molar-refractivity contribution in [2.24, 2.45) is 0 Å². The first-order valence-electron chi connectivity index (χ1n) is 6.32. The molecule has 0 spiro atoms. The van der Waals surface area contributed by atoms with Gasteiger partial charge in [0.25, 0.3) is 0 Å². The zero-order chi connectivity index (χ0) is 14.2. The Morgan fingerprint density at radius 3 is 2.28 bits per heavy atom. The number of ether oxygens (including phenoxy) is 2. The first kappa shape index (κ1) is 17.4. The predicted molar refractivity (Wildman–Crippen MR) is 70.9 cm³/mol. The topological polar surface area (TPSA) is 67.8 Å². The molecule has 0 heterocycles. The normalized spacial score (nSPS) is 15.4. The summed E-state index contributed by atoms with van der Waals surface area (Å²) >= 11 is 0. The number of hydrogen-bond acceptors (Lipinski definition) is 4. The van der Waals surface area contributed by atoms with E-state index in [9.17, 15) is 4.79 Å². The van der Waals surface area contributed by atoms with Gasteiger partial charge in [0.1, 0.15) is 5.54 Å². The summed E-state index contributed by atoms with van der Waals surface area (Å²) < 4.78 is 10.8. The van der Waals surface area contributed by atoms with Crippen LogP contribution in [0.5, 0.6) is 0 Å². The van der Waals surface area contributed by atoms with Crippen molar-refractivity contribution in [2.75, 3.05) is 27.4 Å². The molecule has 5 nitrogen and oxygen atoms in total. The molecule has 1 atom stereocenters. The maximum atomic E-state index is 11.0. The minimum atomic E-state index is -0.866. The lowest BCUT2D eigenvalue weighted by molar-refractivity contribution is -0.144. The fourth-order valence-electron chi connectivity index (χ4n) is 1.39. The third-order valence-electron chi connectivity index (χ3n) is 3.39. The molecule has 1 unspecified atom stereocenters. The van der Waals surface area contributed by atoms with E-state index >= 15 is 0 Å². The summed E-state index contributed by atoms with van der Waals surface area (Å²) in [6.45, 7) is 6.91. The van der Waals surface area contributed by atoms with Crippen molar-refractivity contribution in [3.63, 3.8) is 0 Å². The summed E-state index contributed by atoms with van der Waals surface area (Å²) in [4.78, 5) is 11.0. The monoisotopic (exact) mass is 261 g/mol. The van der Waals surface area contributed by atoms with Crippen molar-refractivity contribution >= 4 is 5.97 Å². The standard InChI is InChI=1S/C13H27NO4/c1-12(2,17-5)8-10-18-9-6-7-13(3,14-4)11(15)16/h14H,6-10H2,1-5H3,(H,15,16). The molecule has 0 aliphatic rings. The first-order chi connectivity index (χ1) is 8.27. The van der Waals surface area contributed by atoms with E-state index in [-0.39, 0.29) is 5.60 Å². The Bertz CT molecular complexity index is 255. The van der Waals surface area contributed by atoms with Crippen LogP contribution in [0.15, 0.2) is 0 Å². The largest absolute Gasteiger partial charge is 0.480 e.